The van der Waals surface area contributed by atoms with Crippen molar-refractivity contribution in [1.29, 1.82) is 0 Å². The SMILES string of the molecule is CC(=O)C[C@@]1(O)C(=O)C(C)=C2CO[C@@]3(O)[C@]45COCC4=C(C)C(=O)[C@@]3(O)[C@]2(C5)C1=O. The van der Waals surface area contributed by atoms with Crippen molar-refractivity contribution in [3.05, 3.63) is 22.3 Å². The fourth-order valence-electron chi connectivity index (χ4n) is 6.67. The minimum atomic E-state index is -2.77. The van der Waals surface area contributed by atoms with Gasteiger partial charge < -0.3 is 24.8 Å². The molecule has 9 heteroatoms. The Kier molecular flexibility index (Phi) is 3.47. The molecule has 3 N–H and O–H groups in total. The van der Waals surface area contributed by atoms with Gasteiger partial charge in [0.05, 0.1) is 30.7 Å². The zero-order chi connectivity index (χ0) is 22.1. The van der Waals surface area contributed by atoms with E-state index in [2.05, 4.69) is 0 Å². The van der Waals surface area contributed by atoms with Crippen molar-refractivity contribution in [1.82, 2.24) is 0 Å². The van der Waals surface area contributed by atoms with E-state index in [1.807, 2.05) is 0 Å². The van der Waals surface area contributed by atoms with E-state index in [9.17, 15) is 34.5 Å². The van der Waals surface area contributed by atoms with Gasteiger partial charge in [-0.1, -0.05) is 0 Å². The van der Waals surface area contributed by atoms with Crippen LogP contribution in [0.2, 0.25) is 0 Å². The third kappa shape index (κ3) is 1.59. The van der Waals surface area contributed by atoms with Crippen LogP contribution in [-0.2, 0) is 28.7 Å². The number of carbonyl (C=O) groups is 4. The Morgan fingerprint density at radius 3 is 2.27 bits per heavy atom. The van der Waals surface area contributed by atoms with Gasteiger partial charge in [0, 0.05) is 6.42 Å². The van der Waals surface area contributed by atoms with Gasteiger partial charge in [0.15, 0.2) is 28.6 Å². The van der Waals surface area contributed by atoms with Crippen molar-refractivity contribution in [2.45, 2.75) is 50.6 Å². The summed E-state index contributed by atoms with van der Waals surface area (Å²) in [5.41, 5.74) is -8.40. The second kappa shape index (κ2) is 5.23. The maximum absolute atomic E-state index is 13.9. The number of ether oxygens (including phenoxy) is 2. The molecule has 5 rings (SSSR count). The molecule has 0 aromatic carbocycles. The smallest absolute Gasteiger partial charge is 0.216 e. The quantitative estimate of drug-likeness (QED) is 0.476. The van der Waals surface area contributed by atoms with Crippen molar-refractivity contribution in [2.24, 2.45) is 10.8 Å². The molecule has 2 heterocycles. The van der Waals surface area contributed by atoms with Crippen LogP contribution in [0.3, 0.4) is 0 Å². The van der Waals surface area contributed by atoms with Gasteiger partial charge in [0.25, 0.3) is 0 Å². The first-order valence-corrected chi connectivity index (χ1v) is 9.78. The molecular weight excluding hydrogens is 396 g/mol. The number of aliphatic hydroxyl groups is 3. The van der Waals surface area contributed by atoms with Gasteiger partial charge in [0.1, 0.15) is 5.78 Å². The van der Waals surface area contributed by atoms with Crippen molar-refractivity contribution < 1.29 is 44.0 Å². The molecule has 2 aliphatic heterocycles. The van der Waals surface area contributed by atoms with Crippen molar-refractivity contribution in [3.63, 3.8) is 0 Å². The Hall–Kier alpha value is -2.04. The average Bonchev–Trinajstić information content (AvgIpc) is 3.11. The highest BCUT2D eigenvalue weighted by Gasteiger charge is 2.91. The molecule has 0 unspecified atom stereocenters. The summed E-state index contributed by atoms with van der Waals surface area (Å²) in [5.74, 6) is -6.09. The predicted octanol–water partition coefficient (Wildman–Crippen LogP) is -1.08. The fraction of sp³-hybridized carbons (Fsp3) is 0.619. The highest BCUT2D eigenvalue weighted by Crippen LogP contribution is 2.75. The van der Waals surface area contributed by atoms with Crippen molar-refractivity contribution in [3.8, 4) is 0 Å². The van der Waals surface area contributed by atoms with Gasteiger partial charge in [-0.15, -0.1) is 0 Å². The first-order chi connectivity index (χ1) is 13.8. The molecule has 30 heavy (non-hydrogen) atoms. The summed E-state index contributed by atoms with van der Waals surface area (Å²) < 4.78 is 11.2. The minimum absolute atomic E-state index is 0.0261. The molecule has 3 fully saturated rings. The number of hydrogen-bond acceptors (Lipinski definition) is 9. The lowest BCUT2D eigenvalue weighted by Gasteiger charge is -2.56. The highest BCUT2D eigenvalue weighted by molar-refractivity contribution is 6.27. The van der Waals surface area contributed by atoms with Crippen LogP contribution in [0.1, 0.15) is 33.6 Å². The standard InChI is InChI=1S/C21H22O9/c1-9(22)4-19(26)14(23)11(3)13-6-30-21(28)17-7-18(13,16(19)25)20(21,27)15(24)10(2)12(17)5-29-8-17/h26-28H,4-8H2,1-3H3/t17-,18+,19-,20-,21+/m1/s1. The molecule has 3 aliphatic carbocycles. The molecular formula is C21H22O9. The van der Waals surface area contributed by atoms with Gasteiger partial charge in [-0.2, -0.15) is 0 Å². The molecule has 4 bridgehead atoms. The summed E-state index contributed by atoms with van der Waals surface area (Å²) in [6.45, 7) is 3.53. The summed E-state index contributed by atoms with van der Waals surface area (Å²) in [4.78, 5) is 52.2. The molecule has 2 saturated heterocycles. The van der Waals surface area contributed by atoms with Gasteiger partial charge in [-0.25, -0.2) is 0 Å². The number of Topliss-reactive ketones (excluding diaryl/α,β-unsaturated/α-hetero) is 4. The molecule has 5 atom stereocenters. The van der Waals surface area contributed by atoms with E-state index in [-0.39, 0.29) is 43.0 Å². The molecule has 2 spiro atoms. The predicted molar refractivity (Wildman–Crippen MR) is 96.8 cm³/mol. The van der Waals surface area contributed by atoms with Crippen LogP contribution in [0.25, 0.3) is 0 Å². The monoisotopic (exact) mass is 418 g/mol. The largest absolute Gasteiger partial charge is 0.376 e. The summed E-state index contributed by atoms with van der Waals surface area (Å²) in [6.07, 6.45) is -1.06. The van der Waals surface area contributed by atoms with E-state index in [1.54, 1.807) is 0 Å². The average molecular weight is 418 g/mol. The van der Waals surface area contributed by atoms with Gasteiger partial charge in [-0.05, 0) is 49.5 Å². The van der Waals surface area contributed by atoms with Crippen LogP contribution in [0.15, 0.2) is 22.3 Å². The molecule has 0 aromatic rings. The van der Waals surface area contributed by atoms with E-state index in [4.69, 9.17) is 9.47 Å². The van der Waals surface area contributed by atoms with E-state index >= 15 is 0 Å². The van der Waals surface area contributed by atoms with E-state index < -0.39 is 57.4 Å². The Labute approximate surface area is 171 Å². The Morgan fingerprint density at radius 1 is 1.00 bits per heavy atom. The molecule has 0 amide bonds. The third-order valence-corrected chi connectivity index (χ3v) is 8.00. The summed E-state index contributed by atoms with van der Waals surface area (Å²) >= 11 is 0. The number of hydrogen-bond donors (Lipinski definition) is 3. The molecule has 0 radical (unpaired) electrons. The zero-order valence-electron chi connectivity index (χ0n) is 16.8. The van der Waals surface area contributed by atoms with Crippen LogP contribution in [0.4, 0.5) is 0 Å². The number of carbonyl (C=O) groups excluding carboxylic acids is 4. The second-order valence-electron chi connectivity index (χ2n) is 9.23. The molecule has 9 nitrogen and oxygen atoms in total. The Bertz CT molecular complexity index is 1050. The normalized spacial score (nSPS) is 47.1. The molecule has 0 aromatic heterocycles. The van der Waals surface area contributed by atoms with Gasteiger partial charge >= 0.3 is 0 Å². The number of rotatable bonds is 2. The summed E-state index contributed by atoms with van der Waals surface area (Å²) in [7, 11) is 0. The van der Waals surface area contributed by atoms with E-state index in [1.165, 1.54) is 13.8 Å². The van der Waals surface area contributed by atoms with E-state index in [0.717, 1.165) is 6.92 Å². The van der Waals surface area contributed by atoms with E-state index in [0.29, 0.717) is 5.57 Å². The molecule has 5 aliphatic rings. The topological polar surface area (TPSA) is 147 Å². The van der Waals surface area contributed by atoms with Crippen LogP contribution < -0.4 is 0 Å². The van der Waals surface area contributed by atoms with Gasteiger partial charge in [-0.3, -0.25) is 19.2 Å². The van der Waals surface area contributed by atoms with Crippen LogP contribution >= 0.6 is 0 Å². The van der Waals surface area contributed by atoms with Crippen LogP contribution in [0.5, 0.6) is 0 Å². The molecule has 160 valence electrons. The van der Waals surface area contributed by atoms with Crippen molar-refractivity contribution >= 4 is 23.1 Å². The van der Waals surface area contributed by atoms with Crippen molar-refractivity contribution in [2.75, 3.05) is 19.8 Å². The maximum Gasteiger partial charge on any atom is 0.216 e. The second-order valence-corrected chi connectivity index (χ2v) is 9.23. The third-order valence-electron chi connectivity index (χ3n) is 8.00. The Balaban J connectivity index is 1.89. The van der Waals surface area contributed by atoms with Crippen LogP contribution in [-0.4, -0.2) is 75.3 Å². The first-order valence-electron chi connectivity index (χ1n) is 9.78. The fourth-order valence-corrected chi connectivity index (χ4v) is 6.67. The lowest BCUT2D eigenvalue weighted by molar-refractivity contribution is -0.331. The maximum atomic E-state index is 13.9. The molecule has 1 saturated carbocycles. The summed E-state index contributed by atoms with van der Waals surface area (Å²) in [6, 6.07) is 0. The van der Waals surface area contributed by atoms with Gasteiger partial charge in [0.2, 0.25) is 5.79 Å². The highest BCUT2D eigenvalue weighted by atomic mass is 16.7. The Morgan fingerprint density at radius 2 is 1.63 bits per heavy atom. The van der Waals surface area contributed by atoms with Crippen LogP contribution in [0, 0.1) is 10.8 Å². The number of ketones is 4. The summed E-state index contributed by atoms with van der Waals surface area (Å²) in [5, 5.41) is 34.7. The lowest BCUT2D eigenvalue weighted by Crippen LogP contribution is -2.77. The first kappa shape index (κ1) is 19.9. The zero-order valence-corrected chi connectivity index (χ0v) is 16.8. The lowest BCUT2D eigenvalue weighted by atomic mass is 9.53. The minimum Gasteiger partial charge on any atom is -0.376 e.